The highest BCUT2D eigenvalue weighted by molar-refractivity contribution is 8.10. The Kier molecular flexibility index (Phi) is 5.84. The van der Waals surface area contributed by atoms with Crippen molar-refractivity contribution in [2.45, 2.75) is 24.7 Å². The Labute approximate surface area is 153 Å². The first kappa shape index (κ1) is 17.6. The first-order valence-corrected chi connectivity index (χ1v) is 10.5. The summed E-state index contributed by atoms with van der Waals surface area (Å²) in [4.78, 5) is 9.64. The third kappa shape index (κ3) is 3.91. The lowest BCUT2D eigenvalue weighted by molar-refractivity contribution is 0.682. The quantitative estimate of drug-likeness (QED) is 0.591. The molecule has 0 saturated heterocycles. The van der Waals surface area contributed by atoms with E-state index in [-0.39, 0.29) is 0 Å². The average molecular weight is 371 g/mol. The summed E-state index contributed by atoms with van der Waals surface area (Å²) in [5.74, 6) is 1.37. The molecule has 0 aliphatic carbocycles. The summed E-state index contributed by atoms with van der Waals surface area (Å²) in [6.45, 7) is 2.08. The molecule has 128 valence electrons. The van der Waals surface area contributed by atoms with Gasteiger partial charge in [0.25, 0.3) is 0 Å². The molecule has 0 aliphatic heterocycles. The summed E-state index contributed by atoms with van der Waals surface area (Å²) in [6.07, 6.45) is 5.51. The SMILES string of the molecule is CCCCS(=O)CSc1c(C#N)nc(-c2ccccc2)n2ccnc12. The second kappa shape index (κ2) is 8.28. The van der Waals surface area contributed by atoms with Gasteiger partial charge in [-0.1, -0.05) is 43.7 Å². The van der Waals surface area contributed by atoms with E-state index in [1.165, 1.54) is 11.8 Å². The van der Waals surface area contributed by atoms with E-state index in [1.807, 2.05) is 40.9 Å². The highest BCUT2D eigenvalue weighted by atomic mass is 32.2. The van der Waals surface area contributed by atoms with Crippen molar-refractivity contribution in [3.8, 4) is 17.5 Å². The molecule has 3 aromatic rings. The number of nitrogens with zero attached hydrogens (tertiary/aromatic N) is 4. The van der Waals surface area contributed by atoms with Crippen LogP contribution in [0, 0.1) is 11.3 Å². The summed E-state index contributed by atoms with van der Waals surface area (Å²) >= 11 is 1.40. The van der Waals surface area contributed by atoms with E-state index >= 15 is 0 Å². The van der Waals surface area contributed by atoms with Gasteiger partial charge in [-0.25, -0.2) is 9.97 Å². The van der Waals surface area contributed by atoms with Crippen molar-refractivity contribution in [2.75, 3.05) is 10.8 Å². The average Bonchev–Trinajstić information content (AvgIpc) is 3.14. The maximum absolute atomic E-state index is 12.1. The third-order valence-electron chi connectivity index (χ3n) is 3.70. The van der Waals surface area contributed by atoms with E-state index in [9.17, 15) is 9.47 Å². The molecular formula is C18H18N4OS2. The number of fused-ring (bicyclic) bond motifs is 1. The Morgan fingerprint density at radius 3 is 2.84 bits per heavy atom. The molecule has 0 amide bonds. The van der Waals surface area contributed by atoms with Gasteiger partial charge in [-0.3, -0.25) is 8.61 Å². The van der Waals surface area contributed by atoms with Crippen LogP contribution in [0.15, 0.2) is 47.6 Å². The van der Waals surface area contributed by atoms with E-state index in [1.54, 1.807) is 6.20 Å². The Morgan fingerprint density at radius 2 is 2.12 bits per heavy atom. The predicted molar refractivity (Wildman–Crippen MR) is 102 cm³/mol. The van der Waals surface area contributed by atoms with Crippen LogP contribution in [0.4, 0.5) is 0 Å². The lowest BCUT2D eigenvalue weighted by Crippen LogP contribution is -2.04. The smallest absolute Gasteiger partial charge is 0.160 e. The summed E-state index contributed by atoms with van der Waals surface area (Å²) < 4.78 is 14.0. The molecule has 7 heteroatoms. The second-order valence-electron chi connectivity index (χ2n) is 5.47. The molecule has 3 rings (SSSR count). The molecule has 0 N–H and O–H groups in total. The summed E-state index contributed by atoms with van der Waals surface area (Å²) in [5.41, 5.74) is 1.93. The minimum Gasteiger partial charge on any atom is -0.283 e. The van der Waals surface area contributed by atoms with Crippen LogP contribution in [0.1, 0.15) is 25.5 Å². The standard InChI is InChI=1S/C18H18N4OS2/c1-2-3-11-25(23)13-24-16-15(12-19)21-17(14-7-5-4-6-8-14)22-10-9-20-18(16)22/h4-10H,2-3,11,13H2,1H3. The molecule has 1 atom stereocenters. The first-order chi connectivity index (χ1) is 12.2. The first-order valence-electron chi connectivity index (χ1n) is 8.05. The fourth-order valence-corrected chi connectivity index (χ4v) is 5.03. The molecule has 2 heterocycles. The zero-order valence-electron chi connectivity index (χ0n) is 13.9. The van der Waals surface area contributed by atoms with Gasteiger partial charge < -0.3 is 0 Å². The lowest BCUT2D eigenvalue weighted by atomic mass is 10.2. The minimum absolute atomic E-state index is 0.329. The maximum Gasteiger partial charge on any atom is 0.160 e. The zero-order chi connectivity index (χ0) is 17.6. The molecular weight excluding hydrogens is 352 g/mol. The van der Waals surface area contributed by atoms with Gasteiger partial charge >= 0.3 is 0 Å². The number of benzene rings is 1. The van der Waals surface area contributed by atoms with E-state index in [4.69, 9.17) is 0 Å². The fraction of sp³-hybridized carbons (Fsp3) is 0.278. The van der Waals surface area contributed by atoms with Gasteiger partial charge in [0, 0.05) is 34.5 Å². The second-order valence-corrected chi connectivity index (χ2v) is 8.40. The number of hydrogen-bond acceptors (Lipinski definition) is 5. The number of aromatic nitrogens is 3. The van der Waals surface area contributed by atoms with Crippen molar-refractivity contribution in [1.29, 1.82) is 5.26 Å². The fourth-order valence-electron chi connectivity index (χ4n) is 2.45. The van der Waals surface area contributed by atoms with Crippen LogP contribution in [0.3, 0.4) is 0 Å². The topological polar surface area (TPSA) is 71.0 Å². The van der Waals surface area contributed by atoms with Gasteiger partial charge in [-0.2, -0.15) is 5.26 Å². The highest BCUT2D eigenvalue weighted by Crippen LogP contribution is 2.30. The zero-order valence-corrected chi connectivity index (χ0v) is 15.5. The number of thioether (sulfide) groups is 1. The number of unbranched alkanes of at least 4 members (excludes halogenated alkanes) is 1. The van der Waals surface area contributed by atoms with Crippen molar-refractivity contribution in [3.05, 3.63) is 48.4 Å². The number of imidazole rings is 1. The summed E-state index contributed by atoms with van der Waals surface area (Å²) in [6, 6.07) is 11.9. The molecule has 1 unspecified atom stereocenters. The largest absolute Gasteiger partial charge is 0.283 e. The lowest BCUT2D eigenvalue weighted by Gasteiger charge is -2.10. The number of rotatable bonds is 7. The molecule has 25 heavy (non-hydrogen) atoms. The maximum atomic E-state index is 12.1. The van der Waals surface area contributed by atoms with Crippen LogP contribution in [0.2, 0.25) is 0 Å². The van der Waals surface area contributed by atoms with Crippen LogP contribution < -0.4 is 0 Å². The number of nitriles is 1. The van der Waals surface area contributed by atoms with Crippen LogP contribution in [-0.2, 0) is 10.8 Å². The molecule has 5 nitrogen and oxygen atoms in total. The Bertz CT molecular complexity index is 931. The van der Waals surface area contributed by atoms with Crippen LogP contribution in [0.25, 0.3) is 17.0 Å². The van der Waals surface area contributed by atoms with Gasteiger partial charge in [-0.15, -0.1) is 11.8 Å². The van der Waals surface area contributed by atoms with Gasteiger partial charge in [0.15, 0.2) is 11.3 Å². The van der Waals surface area contributed by atoms with Gasteiger partial charge in [-0.05, 0) is 6.42 Å². The van der Waals surface area contributed by atoms with E-state index in [0.29, 0.717) is 32.9 Å². The molecule has 0 fully saturated rings. The van der Waals surface area contributed by atoms with Crippen LogP contribution >= 0.6 is 11.8 Å². The molecule has 0 bridgehead atoms. The molecule has 0 radical (unpaired) electrons. The Morgan fingerprint density at radius 1 is 1.32 bits per heavy atom. The summed E-state index contributed by atoms with van der Waals surface area (Å²) in [7, 11) is -0.914. The van der Waals surface area contributed by atoms with E-state index in [0.717, 1.165) is 18.4 Å². The van der Waals surface area contributed by atoms with Gasteiger partial charge in [0.2, 0.25) is 0 Å². The monoisotopic (exact) mass is 370 g/mol. The molecule has 0 spiro atoms. The van der Waals surface area contributed by atoms with Crippen LogP contribution in [0.5, 0.6) is 0 Å². The van der Waals surface area contributed by atoms with E-state index in [2.05, 4.69) is 23.0 Å². The van der Waals surface area contributed by atoms with Crippen molar-refractivity contribution in [3.63, 3.8) is 0 Å². The normalized spacial score (nSPS) is 12.2. The minimum atomic E-state index is -0.914. The molecule has 1 aromatic carbocycles. The Balaban J connectivity index is 1.99. The Hall–Kier alpha value is -2.17. The van der Waals surface area contributed by atoms with Crippen LogP contribution in [-0.4, -0.2) is 29.4 Å². The summed E-state index contributed by atoms with van der Waals surface area (Å²) in [5, 5.41) is 10.0. The molecule has 0 saturated carbocycles. The van der Waals surface area contributed by atoms with Crippen molar-refractivity contribution >= 4 is 28.2 Å². The molecule has 2 aromatic heterocycles. The van der Waals surface area contributed by atoms with Crippen molar-refractivity contribution in [1.82, 2.24) is 14.4 Å². The highest BCUT2D eigenvalue weighted by Gasteiger charge is 2.17. The van der Waals surface area contributed by atoms with Crippen molar-refractivity contribution in [2.24, 2.45) is 0 Å². The van der Waals surface area contributed by atoms with Gasteiger partial charge in [0.05, 0.1) is 9.98 Å². The molecule has 0 aliphatic rings. The number of hydrogen-bond donors (Lipinski definition) is 0. The van der Waals surface area contributed by atoms with E-state index < -0.39 is 10.8 Å². The van der Waals surface area contributed by atoms with Crippen molar-refractivity contribution < 1.29 is 4.21 Å². The van der Waals surface area contributed by atoms with Gasteiger partial charge in [0.1, 0.15) is 11.9 Å². The third-order valence-corrected chi connectivity index (χ3v) is 6.63. The predicted octanol–water partition coefficient (Wildman–Crippen LogP) is 3.87.